The second kappa shape index (κ2) is 6.58. The molecule has 3 fully saturated rings. The molecule has 0 spiro atoms. The highest BCUT2D eigenvalue weighted by atomic mass is 16.6. The van der Waals surface area contributed by atoms with Gasteiger partial charge in [-0.25, -0.2) is 9.59 Å². The fourth-order valence-electron chi connectivity index (χ4n) is 4.74. The molecule has 3 amide bonds. The molecule has 0 aromatic heterocycles. The van der Waals surface area contributed by atoms with Crippen molar-refractivity contribution in [3.05, 3.63) is 24.3 Å². The van der Waals surface area contributed by atoms with Gasteiger partial charge in [0.2, 0.25) is 0 Å². The van der Waals surface area contributed by atoms with E-state index in [0.717, 1.165) is 17.5 Å². The minimum absolute atomic E-state index is 0.163. The van der Waals surface area contributed by atoms with Gasteiger partial charge in [0, 0.05) is 17.4 Å². The fourth-order valence-corrected chi connectivity index (χ4v) is 4.74. The van der Waals surface area contributed by atoms with Crippen LogP contribution in [-0.4, -0.2) is 31.3 Å². The van der Waals surface area contributed by atoms with Gasteiger partial charge in [0.15, 0.2) is 0 Å². The average Bonchev–Trinajstić information content (AvgIpc) is 3.32. The highest BCUT2D eigenvalue weighted by Crippen LogP contribution is 2.49. The maximum Gasteiger partial charge on any atom is 0.414 e. The summed E-state index contributed by atoms with van der Waals surface area (Å²) in [5, 5.41) is 5.98. The van der Waals surface area contributed by atoms with Crippen molar-refractivity contribution in [3.63, 3.8) is 0 Å². The Labute approximate surface area is 147 Å². The van der Waals surface area contributed by atoms with Crippen LogP contribution in [0.4, 0.5) is 21.0 Å². The molecule has 4 atom stereocenters. The van der Waals surface area contributed by atoms with Crippen molar-refractivity contribution in [2.75, 3.05) is 23.4 Å². The highest BCUT2D eigenvalue weighted by molar-refractivity contribution is 5.91. The second-order valence-corrected chi connectivity index (χ2v) is 7.54. The zero-order valence-electron chi connectivity index (χ0n) is 14.5. The van der Waals surface area contributed by atoms with E-state index in [9.17, 15) is 9.59 Å². The van der Waals surface area contributed by atoms with Crippen LogP contribution in [0.15, 0.2) is 24.3 Å². The van der Waals surface area contributed by atoms with E-state index in [1.54, 1.807) is 4.90 Å². The lowest BCUT2D eigenvalue weighted by Crippen LogP contribution is -2.42. The third-order valence-electron chi connectivity index (χ3n) is 5.99. The van der Waals surface area contributed by atoms with Crippen LogP contribution in [0.5, 0.6) is 0 Å². The van der Waals surface area contributed by atoms with E-state index in [-0.39, 0.29) is 18.2 Å². The maximum absolute atomic E-state index is 12.3. The lowest BCUT2D eigenvalue weighted by Gasteiger charge is -2.28. The number of nitrogens with one attached hydrogen (secondary N) is 2. The first kappa shape index (κ1) is 16.2. The number of urea groups is 1. The van der Waals surface area contributed by atoms with Crippen LogP contribution in [0.3, 0.4) is 0 Å². The van der Waals surface area contributed by atoms with Crippen LogP contribution in [-0.2, 0) is 4.74 Å². The lowest BCUT2D eigenvalue weighted by molar-refractivity contribution is 0.181. The lowest BCUT2D eigenvalue weighted by atomic mass is 9.84. The van der Waals surface area contributed by atoms with Crippen molar-refractivity contribution in [2.24, 2.45) is 17.8 Å². The van der Waals surface area contributed by atoms with Crippen molar-refractivity contribution in [1.29, 1.82) is 0 Å². The summed E-state index contributed by atoms with van der Waals surface area (Å²) in [6, 6.07) is 7.30. The quantitative estimate of drug-likeness (QED) is 0.878. The van der Waals surface area contributed by atoms with Gasteiger partial charge in [-0.15, -0.1) is 0 Å². The largest absolute Gasteiger partial charge is 0.447 e. The Kier molecular flexibility index (Phi) is 4.27. The number of benzene rings is 1. The number of hydrogen-bond acceptors (Lipinski definition) is 3. The minimum Gasteiger partial charge on any atom is -0.447 e. The minimum atomic E-state index is -0.321. The first-order valence-corrected chi connectivity index (χ1v) is 9.22. The number of carbonyl (C=O) groups is 2. The SMILES string of the molecule is C[C@@H](NC(=O)Nc1ccc(N2CCOC2=O)cc1)[C@H]1C[C@H]2CC[C@H]1C2. The van der Waals surface area contributed by atoms with Gasteiger partial charge in [-0.05, 0) is 68.2 Å². The summed E-state index contributed by atoms with van der Waals surface area (Å²) in [6.07, 6.45) is 4.98. The Hall–Kier alpha value is -2.24. The highest BCUT2D eigenvalue weighted by Gasteiger charge is 2.42. The van der Waals surface area contributed by atoms with Crippen molar-refractivity contribution < 1.29 is 14.3 Å². The molecule has 0 radical (unpaired) electrons. The predicted molar refractivity (Wildman–Crippen MR) is 95.7 cm³/mol. The molecule has 0 unspecified atom stereocenters. The molecule has 3 aliphatic rings. The van der Waals surface area contributed by atoms with Crippen LogP contribution >= 0.6 is 0 Å². The van der Waals surface area contributed by atoms with Gasteiger partial charge >= 0.3 is 12.1 Å². The van der Waals surface area contributed by atoms with Crippen LogP contribution in [0.1, 0.15) is 32.6 Å². The topological polar surface area (TPSA) is 70.7 Å². The molecule has 2 saturated carbocycles. The van der Waals surface area contributed by atoms with Gasteiger partial charge in [-0.3, -0.25) is 4.90 Å². The molecule has 1 aromatic carbocycles. The number of ether oxygens (including phenoxy) is 1. The van der Waals surface area contributed by atoms with Crippen molar-refractivity contribution in [1.82, 2.24) is 5.32 Å². The van der Waals surface area contributed by atoms with Crippen LogP contribution in [0.25, 0.3) is 0 Å². The molecule has 1 saturated heterocycles. The van der Waals surface area contributed by atoms with Gasteiger partial charge in [0.1, 0.15) is 6.61 Å². The Morgan fingerprint density at radius 1 is 1.24 bits per heavy atom. The monoisotopic (exact) mass is 343 g/mol. The summed E-state index contributed by atoms with van der Waals surface area (Å²) in [5.41, 5.74) is 1.50. The summed E-state index contributed by atoms with van der Waals surface area (Å²) in [4.78, 5) is 25.4. The molecule has 134 valence electrons. The molecule has 1 aromatic rings. The van der Waals surface area contributed by atoms with Crippen molar-refractivity contribution in [3.8, 4) is 0 Å². The third kappa shape index (κ3) is 3.30. The normalized spacial score (nSPS) is 28.8. The number of cyclic esters (lactones) is 1. The molecule has 6 heteroatoms. The van der Waals surface area contributed by atoms with E-state index in [1.165, 1.54) is 25.7 Å². The molecule has 1 aliphatic heterocycles. The molecule has 6 nitrogen and oxygen atoms in total. The van der Waals surface area contributed by atoms with Crippen molar-refractivity contribution >= 4 is 23.5 Å². The van der Waals surface area contributed by atoms with Gasteiger partial charge in [0.25, 0.3) is 0 Å². The summed E-state index contributed by atoms with van der Waals surface area (Å²) in [7, 11) is 0. The van der Waals surface area contributed by atoms with Gasteiger partial charge in [-0.2, -0.15) is 0 Å². The zero-order chi connectivity index (χ0) is 17.4. The number of amides is 3. The number of fused-ring (bicyclic) bond motifs is 2. The first-order valence-electron chi connectivity index (χ1n) is 9.22. The van der Waals surface area contributed by atoms with E-state index >= 15 is 0 Å². The Bertz CT molecular complexity index is 660. The second-order valence-electron chi connectivity index (χ2n) is 7.54. The smallest absolute Gasteiger partial charge is 0.414 e. The van der Waals surface area contributed by atoms with Crippen LogP contribution in [0.2, 0.25) is 0 Å². The molecule has 25 heavy (non-hydrogen) atoms. The Morgan fingerprint density at radius 2 is 2.04 bits per heavy atom. The average molecular weight is 343 g/mol. The van der Waals surface area contributed by atoms with E-state index < -0.39 is 0 Å². The number of anilines is 2. The molecule has 1 heterocycles. The van der Waals surface area contributed by atoms with E-state index in [4.69, 9.17) is 4.74 Å². The number of carbonyl (C=O) groups excluding carboxylic acids is 2. The van der Waals surface area contributed by atoms with E-state index in [2.05, 4.69) is 17.6 Å². The maximum atomic E-state index is 12.3. The Morgan fingerprint density at radius 3 is 2.64 bits per heavy atom. The van der Waals surface area contributed by atoms with Gasteiger partial charge in [0.05, 0.1) is 6.54 Å². The van der Waals surface area contributed by atoms with Crippen LogP contribution < -0.4 is 15.5 Å². The van der Waals surface area contributed by atoms with Crippen molar-refractivity contribution in [2.45, 2.75) is 38.6 Å². The third-order valence-corrected chi connectivity index (χ3v) is 5.99. The van der Waals surface area contributed by atoms with Gasteiger partial charge in [-0.1, -0.05) is 6.42 Å². The zero-order valence-corrected chi connectivity index (χ0v) is 14.5. The van der Waals surface area contributed by atoms with Crippen LogP contribution in [0, 0.1) is 17.8 Å². The van der Waals surface area contributed by atoms with E-state index in [1.807, 2.05) is 24.3 Å². The summed E-state index contributed by atoms with van der Waals surface area (Å²) in [5.74, 6) is 2.29. The van der Waals surface area contributed by atoms with Gasteiger partial charge < -0.3 is 15.4 Å². The standard InChI is InChI=1S/C19H25N3O3/c1-12(17-11-13-2-3-14(17)10-13)20-18(23)21-15-4-6-16(7-5-15)22-8-9-25-19(22)24/h4-7,12-14,17H,2-3,8-11H2,1H3,(H2,20,21,23)/t12-,13+,14+,17-/m1/s1. The predicted octanol–water partition coefficient (Wildman–Crippen LogP) is 3.59. The first-order chi connectivity index (χ1) is 12.1. The molecule has 2 N–H and O–H groups in total. The molecule has 2 bridgehead atoms. The fraction of sp³-hybridized carbons (Fsp3) is 0.579. The number of rotatable bonds is 4. The molecular weight excluding hydrogens is 318 g/mol. The summed E-state index contributed by atoms with van der Waals surface area (Å²) in [6.45, 7) is 3.10. The number of nitrogens with zero attached hydrogens (tertiary/aromatic N) is 1. The molecule has 2 aliphatic carbocycles. The molecule has 4 rings (SSSR count). The van der Waals surface area contributed by atoms with E-state index in [0.29, 0.717) is 24.8 Å². The summed E-state index contributed by atoms with van der Waals surface area (Å²) < 4.78 is 4.94. The Balaban J connectivity index is 1.31. The number of hydrogen-bond donors (Lipinski definition) is 2. The summed E-state index contributed by atoms with van der Waals surface area (Å²) >= 11 is 0. The molecular formula is C19H25N3O3.